The Balaban J connectivity index is 1.82. The van der Waals surface area contributed by atoms with E-state index in [0.717, 1.165) is 29.9 Å². The first-order valence-electron chi connectivity index (χ1n) is 6.38. The van der Waals surface area contributed by atoms with Gasteiger partial charge in [-0.25, -0.2) is 4.98 Å². The maximum Gasteiger partial charge on any atom is 0.193 e. The minimum atomic E-state index is 0.201. The van der Waals surface area contributed by atoms with Crippen LogP contribution < -0.4 is 5.73 Å². The Morgan fingerprint density at radius 1 is 1.56 bits per heavy atom. The van der Waals surface area contributed by atoms with Crippen LogP contribution in [0.5, 0.6) is 0 Å². The third-order valence-electron chi connectivity index (χ3n) is 3.50. The molecule has 0 radical (unpaired) electrons. The second-order valence-electron chi connectivity index (χ2n) is 6.04. The number of rotatable bonds is 2. The van der Waals surface area contributed by atoms with Crippen LogP contribution >= 0.6 is 11.3 Å². The Hall–Kier alpha value is -1.13. The van der Waals surface area contributed by atoms with Crippen LogP contribution in [0.4, 0.5) is 0 Å². The monoisotopic (exact) mass is 261 g/mol. The molecular weight excluding hydrogens is 242 g/mol. The van der Waals surface area contributed by atoms with E-state index >= 15 is 0 Å². The largest absolute Gasteiger partial charge is 0.324 e. The molecule has 18 heavy (non-hydrogen) atoms. The number of nitrogens with zero attached hydrogens (tertiary/aromatic N) is 2. The van der Waals surface area contributed by atoms with Crippen LogP contribution in [-0.2, 0) is 6.42 Å². The molecule has 1 aliphatic rings. The zero-order valence-electron chi connectivity index (χ0n) is 10.9. The van der Waals surface area contributed by atoms with Gasteiger partial charge in [-0.3, -0.25) is 4.40 Å². The molecule has 3 nitrogen and oxygen atoms in total. The van der Waals surface area contributed by atoms with Crippen molar-refractivity contribution in [1.29, 1.82) is 0 Å². The predicted octanol–water partition coefficient (Wildman–Crippen LogP) is 3.01. The number of fused-ring (bicyclic) bond motifs is 1. The van der Waals surface area contributed by atoms with Crippen molar-refractivity contribution in [1.82, 2.24) is 9.38 Å². The second kappa shape index (κ2) is 4.21. The van der Waals surface area contributed by atoms with Crippen molar-refractivity contribution < 1.29 is 0 Å². The van der Waals surface area contributed by atoms with Gasteiger partial charge in [0.15, 0.2) is 4.96 Å². The van der Waals surface area contributed by atoms with Gasteiger partial charge >= 0.3 is 0 Å². The van der Waals surface area contributed by atoms with Crippen molar-refractivity contribution in [2.24, 2.45) is 11.1 Å². The summed E-state index contributed by atoms with van der Waals surface area (Å²) < 4.78 is 2.09. The molecule has 0 aliphatic heterocycles. The standard InChI is InChI=1S/C14H19N3S/c1-14(2)7-10(5-11(15)8-14)6-12-9-17-3-4-18-13(17)16-12/h3-5,9,11H,6-8,15H2,1-2H3. The highest BCUT2D eigenvalue weighted by atomic mass is 32.1. The van der Waals surface area contributed by atoms with Crippen LogP contribution in [0.3, 0.4) is 0 Å². The molecule has 0 bridgehead atoms. The van der Waals surface area contributed by atoms with E-state index < -0.39 is 0 Å². The molecule has 0 aromatic carbocycles. The molecule has 0 spiro atoms. The Labute approximate surface area is 111 Å². The third kappa shape index (κ3) is 2.35. The van der Waals surface area contributed by atoms with Crippen molar-refractivity contribution >= 4 is 16.3 Å². The van der Waals surface area contributed by atoms with Gasteiger partial charge in [-0.15, -0.1) is 11.3 Å². The minimum Gasteiger partial charge on any atom is -0.324 e. The Kier molecular flexibility index (Phi) is 2.79. The topological polar surface area (TPSA) is 43.3 Å². The van der Waals surface area contributed by atoms with Gasteiger partial charge in [0.25, 0.3) is 0 Å². The number of hydrogen-bond donors (Lipinski definition) is 1. The summed E-state index contributed by atoms with van der Waals surface area (Å²) in [7, 11) is 0. The van der Waals surface area contributed by atoms with E-state index in [9.17, 15) is 0 Å². The van der Waals surface area contributed by atoms with Crippen molar-refractivity contribution in [2.75, 3.05) is 0 Å². The number of allylic oxidation sites excluding steroid dienone is 1. The third-order valence-corrected chi connectivity index (χ3v) is 4.27. The maximum absolute atomic E-state index is 6.11. The van der Waals surface area contributed by atoms with Gasteiger partial charge < -0.3 is 5.73 Å². The molecule has 0 fully saturated rings. The molecule has 1 aliphatic carbocycles. The smallest absolute Gasteiger partial charge is 0.193 e. The van der Waals surface area contributed by atoms with Crippen LogP contribution in [-0.4, -0.2) is 15.4 Å². The summed E-state index contributed by atoms with van der Waals surface area (Å²) in [6.45, 7) is 4.59. The van der Waals surface area contributed by atoms with Gasteiger partial charge in [0.2, 0.25) is 0 Å². The van der Waals surface area contributed by atoms with Crippen molar-refractivity contribution in [2.45, 2.75) is 39.2 Å². The highest BCUT2D eigenvalue weighted by molar-refractivity contribution is 7.15. The quantitative estimate of drug-likeness (QED) is 0.844. The Morgan fingerprint density at radius 3 is 3.11 bits per heavy atom. The molecular formula is C14H19N3S. The molecule has 1 unspecified atom stereocenters. The number of nitrogens with two attached hydrogens (primary N) is 1. The van der Waals surface area contributed by atoms with Crippen molar-refractivity contribution in [3.63, 3.8) is 0 Å². The highest BCUT2D eigenvalue weighted by Crippen LogP contribution is 2.35. The van der Waals surface area contributed by atoms with Crippen LogP contribution in [0, 0.1) is 5.41 Å². The summed E-state index contributed by atoms with van der Waals surface area (Å²) in [5.74, 6) is 0. The fourth-order valence-electron chi connectivity index (χ4n) is 2.96. The van der Waals surface area contributed by atoms with Crippen LogP contribution in [0.25, 0.3) is 4.96 Å². The lowest BCUT2D eigenvalue weighted by Crippen LogP contribution is -2.31. The summed E-state index contributed by atoms with van der Waals surface area (Å²) in [4.78, 5) is 5.71. The number of hydrogen-bond acceptors (Lipinski definition) is 3. The zero-order valence-corrected chi connectivity index (χ0v) is 11.7. The first-order chi connectivity index (χ1) is 8.52. The first kappa shape index (κ1) is 11.9. The van der Waals surface area contributed by atoms with E-state index in [1.165, 1.54) is 5.57 Å². The van der Waals surface area contributed by atoms with Gasteiger partial charge in [0.1, 0.15) is 0 Å². The number of thiazole rings is 1. The molecule has 3 rings (SSSR count). The lowest BCUT2D eigenvalue weighted by Gasteiger charge is -2.33. The van der Waals surface area contributed by atoms with E-state index in [2.05, 4.69) is 47.1 Å². The van der Waals surface area contributed by atoms with Crippen LogP contribution in [0.2, 0.25) is 0 Å². The molecule has 0 saturated heterocycles. The van der Waals surface area contributed by atoms with Crippen molar-refractivity contribution in [3.05, 3.63) is 35.1 Å². The summed E-state index contributed by atoms with van der Waals surface area (Å²) in [5.41, 5.74) is 9.02. The van der Waals surface area contributed by atoms with Gasteiger partial charge in [-0.2, -0.15) is 0 Å². The van der Waals surface area contributed by atoms with E-state index in [-0.39, 0.29) is 6.04 Å². The fraction of sp³-hybridized carbons (Fsp3) is 0.500. The van der Waals surface area contributed by atoms with E-state index in [1.54, 1.807) is 11.3 Å². The van der Waals surface area contributed by atoms with Crippen LogP contribution in [0.1, 0.15) is 32.4 Å². The van der Waals surface area contributed by atoms with E-state index in [0.29, 0.717) is 5.41 Å². The van der Waals surface area contributed by atoms with E-state index in [4.69, 9.17) is 5.73 Å². The maximum atomic E-state index is 6.11. The SMILES string of the molecule is CC1(C)CC(Cc2cn3ccsc3n2)=CC(N)C1. The Morgan fingerprint density at radius 2 is 2.39 bits per heavy atom. The second-order valence-corrected chi connectivity index (χ2v) is 6.91. The molecule has 2 aromatic heterocycles. The summed E-state index contributed by atoms with van der Waals surface area (Å²) >= 11 is 1.68. The molecule has 2 aromatic rings. The summed E-state index contributed by atoms with van der Waals surface area (Å²) in [6, 6.07) is 0.201. The lowest BCUT2D eigenvalue weighted by molar-refractivity contribution is 0.299. The van der Waals surface area contributed by atoms with Crippen molar-refractivity contribution in [3.8, 4) is 0 Å². The first-order valence-corrected chi connectivity index (χ1v) is 7.26. The average Bonchev–Trinajstić information content (AvgIpc) is 2.73. The Bertz CT molecular complexity index is 562. The fourth-order valence-corrected chi connectivity index (χ4v) is 3.68. The molecule has 2 heterocycles. The highest BCUT2D eigenvalue weighted by Gasteiger charge is 2.27. The molecule has 0 amide bonds. The summed E-state index contributed by atoms with van der Waals surface area (Å²) in [5, 5.41) is 2.06. The molecule has 0 saturated carbocycles. The van der Waals surface area contributed by atoms with E-state index in [1.807, 2.05) is 0 Å². The van der Waals surface area contributed by atoms with Gasteiger partial charge in [0.05, 0.1) is 5.69 Å². The predicted molar refractivity (Wildman–Crippen MR) is 75.8 cm³/mol. The number of imidazole rings is 1. The average molecular weight is 261 g/mol. The van der Waals surface area contributed by atoms with Gasteiger partial charge in [-0.1, -0.05) is 25.5 Å². The molecule has 4 heteroatoms. The molecule has 1 atom stereocenters. The van der Waals surface area contributed by atoms with Gasteiger partial charge in [0, 0.05) is 30.2 Å². The molecule has 96 valence electrons. The minimum absolute atomic E-state index is 0.201. The van der Waals surface area contributed by atoms with Gasteiger partial charge in [-0.05, 0) is 18.3 Å². The lowest BCUT2D eigenvalue weighted by atomic mass is 9.74. The zero-order chi connectivity index (χ0) is 12.8. The van der Waals surface area contributed by atoms with Crippen LogP contribution in [0.15, 0.2) is 29.4 Å². The normalized spacial score (nSPS) is 23.3. The number of aromatic nitrogens is 2. The summed E-state index contributed by atoms with van der Waals surface area (Å²) in [6.07, 6.45) is 9.56. The molecule has 2 N–H and O–H groups in total.